The zero-order valence-electron chi connectivity index (χ0n) is 10.2. The number of benzene rings is 2. The van der Waals surface area contributed by atoms with Crippen molar-refractivity contribution in [3.8, 4) is 0 Å². The van der Waals surface area contributed by atoms with Crippen molar-refractivity contribution in [2.45, 2.75) is 26.2 Å². The van der Waals surface area contributed by atoms with Crippen LogP contribution in [-0.4, -0.2) is 0 Å². The molecule has 0 saturated heterocycles. The predicted molar refractivity (Wildman–Crippen MR) is 72.4 cm³/mol. The van der Waals surface area contributed by atoms with Gasteiger partial charge in [-0.15, -0.1) is 0 Å². The molecule has 86 valence electrons. The molecule has 2 aromatic carbocycles. The van der Waals surface area contributed by atoms with Gasteiger partial charge in [0, 0.05) is 10.8 Å². The van der Waals surface area contributed by atoms with E-state index in [1.54, 1.807) is 0 Å². The lowest BCUT2D eigenvalue weighted by molar-refractivity contribution is 0.646. The minimum atomic E-state index is 0.541. The smallest absolute Gasteiger partial charge is 0.138 e. The Hall–Kier alpha value is -1.76. The van der Waals surface area contributed by atoms with E-state index in [1.165, 1.54) is 16.3 Å². The number of fused-ring (bicyclic) bond motifs is 3. The van der Waals surface area contributed by atoms with Crippen LogP contribution in [0.3, 0.4) is 0 Å². The lowest BCUT2D eigenvalue weighted by Gasteiger charge is -2.08. The maximum Gasteiger partial charge on any atom is 0.138 e. The van der Waals surface area contributed by atoms with Gasteiger partial charge in [0.2, 0.25) is 0 Å². The van der Waals surface area contributed by atoms with Gasteiger partial charge in [0.1, 0.15) is 11.2 Å². The molecule has 1 atom stereocenters. The number of hydrogen-bond donors (Lipinski definition) is 0. The Labute approximate surface area is 101 Å². The van der Waals surface area contributed by atoms with Gasteiger partial charge in [-0.25, -0.2) is 0 Å². The Balaban J connectivity index is 2.39. The van der Waals surface area contributed by atoms with Crippen LogP contribution < -0.4 is 0 Å². The van der Waals surface area contributed by atoms with Gasteiger partial charge in [-0.1, -0.05) is 50.2 Å². The number of furan rings is 1. The van der Waals surface area contributed by atoms with Crippen molar-refractivity contribution < 1.29 is 4.42 Å². The highest BCUT2D eigenvalue weighted by atomic mass is 16.3. The molecular formula is C16H16O. The highest BCUT2D eigenvalue weighted by Crippen LogP contribution is 2.34. The van der Waals surface area contributed by atoms with Gasteiger partial charge >= 0.3 is 0 Å². The van der Waals surface area contributed by atoms with E-state index in [4.69, 9.17) is 4.42 Å². The highest BCUT2D eigenvalue weighted by Gasteiger charge is 2.13. The van der Waals surface area contributed by atoms with E-state index in [0.29, 0.717) is 5.92 Å². The van der Waals surface area contributed by atoms with Gasteiger partial charge in [-0.2, -0.15) is 0 Å². The minimum Gasteiger partial charge on any atom is -0.456 e. The fraction of sp³-hybridized carbons (Fsp3) is 0.250. The highest BCUT2D eigenvalue weighted by molar-refractivity contribution is 6.05. The maximum absolute atomic E-state index is 6.01. The molecule has 0 unspecified atom stereocenters. The van der Waals surface area contributed by atoms with Gasteiger partial charge < -0.3 is 4.42 Å². The van der Waals surface area contributed by atoms with E-state index in [0.717, 1.165) is 17.6 Å². The predicted octanol–water partition coefficient (Wildman–Crippen LogP) is 5.10. The van der Waals surface area contributed by atoms with Crippen LogP contribution in [-0.2, 0) is 0 Å². The molecule has 0 fully saturated rings. The maximum atomic E-state index is 6.01. The number of hydrogen-bond acceptors (Lipinski definition) is 1. The third-order valence-corrected chi connectivity index (χ3v) is 3.58. The van der Waals surface area contributed by atoms with E-state index in [9.17, 15) is 0 Å². The molecule has 3 rings (SSSR count). The quantitative estimate of drug-likeness (QED) is 0.590. The van der Waals surface area contributed by atoms with Gasteiger partial charge in [-0.05, 0) is 24.0 Å². The molecular weight excluding hydrogens is 208 g/mol. The first-order valence-corrected chi connectivity index (χ1v) is 6.21. The topological polar surface area (TPSA) is 13.1 Å². The summed E-state index contributed by atoms with van der Waals surface area (Å²) in [5.74, 6) is 0.541. The molecule has 0 N–H and O–H groups in total. The molecule has 3 aromatic rings. The summed E-state index contributed by atoms with van der Waals surface area (Å²) in [6.07, 6.45) is 1.14. The second-order valence-electron chi connectivity index (χ2n) is 4.63. The largest absolute Gasteiger partial charge is 0.456 e. The van der Waals surface area contributed by atoms with Crippen LogP contribution in [0.2, 0.25) is 0 Å². The molecule has 17 heavy (non-hydrogen) atoms. The van der Waals surface area contributed by atoms with Gasteiger partial charge in [0.05, 0.1) is 0 Å². The molecule has 1 heteroatoms. The van der Waals surface area contributed by atoms with E-state index in [1.807, 2.05) is 12.1 Å². The lowest BCUT2D eigenvalue weighted by atomic mass is 9.96. The Bertz CT molecular complexity index is 663. The molecule has 0 amide bonds. The van der Waals surface area contributed by atoms with Crippen molar-refractivity contribution in [1.29, 1.82) is 0 Å². The third-order valence-electron chi connectivity index (χ3n) is 3.58. The molecule has 0 aliphatic rings. The van der Waals surface area contributed by atoms with Crippen molar-refractivity contribution in [2.24, 2.45) is 0 Å². The van der Waals surface area contributed by atoms with Crippen LogP contribution in [0.25, 0.3) is 21.9 Å². The number of para-hydroxylation sites is 2. The van der Waals surface area contributed by atoms with Crippen molar-refractivity contribution >= 4 is 21.9 Å². The van der Waals surface area contributed by atoms with Crippen LogP contribution in [0.15, 0.2) is 46.9 Å². The minimum absolute atomic E-state index is 0.541. The van der Waals surface area contributed by atoms with Crippen molar-refractivity contribution in [3.63, 3.8) is 0 Å². The summed E-state index contributed by atoms with van der Waals surface area (Å²) in [5, 5.41) is 2.45. The SMILES string of the molecule is CC[C@H](C)c1cccc2c1oc1ccccc12. The molecule has 0 aliphatic heterocycles. The average molecular weight is 224 g/mol. The normalized spacial score (nSPS) is 13.3. The fourth-order valence-corrected chi connectivity index (χ4v) is 2.38. The Morgan fingerprint density at radius 2 is 1.76 bits per heavy atom. The first-order valence-electron chi connectivity index (χ1n) is 6.21. The monoisotopic (exact) mass is 224 g/mol. The van der Waals surface area contributed by atoms with E-state index in [-0.39, 0.29) is 0 Å². The van der Waals surface area contributed by atoms with Crippen LogP contribution >= 0.6 is 0 Å². The second kappa shape index (κ2) is 3.92. The Kier molecular flexibility index (Phi) is 2.40. The molecule has 1 aromatic heterocycles. The summed E-state index contributed by atoms with van der Waals surface area (Å²) in [6, 6.07) is 14.7. The Morgan fingerprint density at radius 1 is 1.00 bits per heavy atom. The van der Waals surface area contributed by atoms with Gasteiger partial charge in [0.25, 0.3) is 0 Å². The van der Waals surface area contributed by atoms with E-state index in [2.05, 4.69) is 44.2 Å². The summed E-state index contributed by atoms with van der Waals surface area (Å²) in [7, 11) is 0. The summed E-state index contributed by atoms with van der Waals surface area (Å²) in [5.41, 5.74) is 3.36. The molecule has 0 saturated carbocycles. The second-order valence-corrected chi connectivity index (χ2v) is 4.63. The van der Waals surface area contributed by atoms with E-state index < -0.39 is 0 Å². The molecule has 1 heterocycles. The van der Waals surface area contributed by atoms with E-state index >= 15 is 0 Å². The first kappa shape index (κ1) is 10.4. The molecule has 0 bridgehead atoms. The summed E-state index contributed by atoms with van der Waals surface area (Å²) >= 11 is 0. The molecule has 0 aliphatic carbocycles. The van der Waals surface area contributed by atoms with Crippen molar-refractivity contribution in [3.05, 3.63) is 48.0 Å². The fourth-order valence-electron chi connectivity index (χ4n) is 2.38. The van der Waals surface area contributed by atoms with Gasteiger partial charge in [0.15, 0.2) is 0 Å². The molecule has 0 radical (unpaired) electrons. The zero-order chi connectivity index (χ0) is 11.8. The van der Waals surface area contributed by atoms with Crippen molar-refractivity contribution in [2.75, 3.05) is 0 Å². The van der Waals surface area contributed by atoms with Crippen LogP contribution in [0, 0.1) is 0 Å². The van der Waals surface area contributed by atoms with Crippen molar-refractivity contribution in [1.82, 2.24) is 0 Å². The summed E-state index contributed by atoms with van der Waals surface area (Å²) in [4.78, 5) is 0. The first-order chi connectivity index (χ1) is 8.31. The van der Waals surface area contributed by atoms with Crippen LogP contribution in [0.1, 0.15) is 31.7 Å². The summed E-state index contributed by atoms with van der Waals surface area (Å²) in [6.45, 7) is 4.47. The lowest BCUT2D eigenvalue weighted by Crippen LogP contribution is -1.90. The molecule has 1 nitrogen and oxygen atoms in total. The standard InChI is InChI=1S/C16H16O/c1-3-11(2)12-8-6-9-14-13-7-4-5-10-15(13)17-16(12)14/h4-11H,3H2,1-2H3/t11-/m0/s1. The average Bonchev–Trinajstić information content (AvgIpc) is 2.76. The third kappa shape index (κ3) is 1.54. The number of rotatable bonds is 2. The van der Waals surface area contributed by atoms with Crippen LogP contribution in [0.5, 0.6) is 0 Å². The summed E-state index contributed by atoms with van der Waals surface area (Å²) < 4.78 is 6.01. The molecule has 0 spiro atoms. The Morgan fingerprint density at radius 3 is 2.59 bits per heavy atom. The van der Waals surface area contributed by atoms with Crippen LogP contribution in [0.4, 0.5) is 0 Å². The zero-order valence-corrected chi connectivity index (χ0v) is 10.2. The van der Waals surface area contributed by atoms with Gasteiger partial charge in [-0.3, -0.25) is 0 Å².